The monoisotopic (exact) mass is 803 g/mol. The highest BCUT2D eigenvalue weighted by Crippen LogP contribution is 2.32. The number of rotatable bonds is 10. The Bertz CT molecular complexity index is 1770. The number of aromatic nitrogens is 2. The maximum Gasteiger partial charge on any atom is 0.307 e. The Balaban J connectivity index is 1.14. The van der Waals surface area contributed by atoms with Crippen LogP contribution < -0.4 is 14.9 Å². The van der Waals surface area contributed by atoms with Gasteiger partial charge in [0.15, 0.2) is 11.5 Å². The average Bonchev–Trinajstić information content (AvgIpc) is 3.60. The Hall–Kier alpha value is -4.25. The summed E-state index contributed by atoms with van der Waals surface area (Å²) in [5.41, 5.74) is 6.43. The second-order valence-corrected chi connectivity index (χ2v) is 11.6. The van der Waals surface area contributed by atoms with Crippen LogP contribution in [0.1, 0.15) is 33.3 Å². The zero-order chi connectivity index (χ0) is 30.5. The quantitative estimate of drug-likeness (QED) is 0.0677. The molecule has 0 saturated heterocycles. The van der Waals surface area contributed by atoms with Gasteiger partial charge in [0.1, 0.15) is 24.3 Å². The van der Waals surface area contributed by atoms with Gasteiger partial charge in [0, 0.05) is 29.2 Å². The van der Waals surface area contributed by atoms with Crippen molar-refractivity contribution in [3.8, 4) is 23.1 Å². The van der Waals surface area contributed by atoms with Crippen molar-refractivity contribution in [2.24, 2.45) is 5.10 Å². The van der Waals surface area contributed by atoms with E-state index >= 15 is 0 Å². The van der Waals surface area contributed by atoms with Crippen molar-refractivity contribution in [1.29, 1.82) is 0 Å². The summed E-state index contributed by atoms with van der Waals surface area (Å²) in [7, 11) is 0. The van der Waals surface area contributed by atoms with Crippen molar-refractivity contribution >= 4 is 63.0 Å². The van der Waals surface area contributed by atoms with E-state index in [9.17, 15) is 14.9 Å². The fourth-order valence-electron chi connectivity index (χ4n) is 4.12. The molecule has 43 heavy (non-hydrogen) atoms. The van der Waals surface area contributed by atoms with Crippen LogP contribution >= 0.6 is 45.2 Å². The van der Waals surface area contributed by atoms with Gasteiger partial charge < -0.3 is 18.5 Å². The number of carbonyl (C=O) groups is 1. The Kier molecular flexibility index (Phi) is 9.40. The van der Waals surface area contributed by atoms with Crippen molar-refractivity contribution < 1.29 is 23.6 Å². The van der Waals surface area contributed by atoms with Crippen LogP contribution in [0.25, 0.3) is 5.69 Å². The number of aryl methyl sites for hydroxylation is 2. The predicted octanol–water partition coefficient (Wildman–Crippen LogP) is 7.33. The highest BCUT2D eigenvalue weighted by Gasteiger charge is 2.14. The summed E-state index contributed by atoms with van der Waals surface area (Å²) >= 11 is 4.22. The van der Waals surface area contributed by atoms with E-state index in [0.29, 0.717) is 17.3 Å². The number of pyridine rings is 1. The normalized spacial score (nSPS) is 11.1. The van der Waals surface area contributed by atoms with Gasteiger partial charge in [0.25, 0.3) is 5.69 Å². The summed E-state index contributed by atoms with van der Waals surface area (Å²) in [5.74, 6) is 1.57. The van der Waals surface area contributed by atoms with Gasteiger partial charge in [-0.3, -0.25) is 14.9 Å². The van der Waals surface area contributed by atoms with Gasteiger partial charge in [-0.1, -0.05) is 0 Å². The summed E-state index contributed by atoms with van der Waals surface area (Å²) in [6.45, 7) is 4.29. The van der Waals surface area contributed by atoms with Gasteiger partial charge in [-0.05, 0) is 125 Å². The molecule has 3 aromatic heterocycles. The minimum Gasteiger partial charge on any atom is -0.486 e. The van der Waals surface area contributed by atoms with Crippen LogP contribution in [0, 0.1) is 31.1 Å². The number of nitrogens with one attached hydrogen (secondary N) is 1. The van der Waals surface area contributed by atoms with Crippen LogP contribution in [0.4, 0.5) is 5.69 Å². The minimum absolute atomic E-state index is 0.105. The average molecular weight is 803 g/mol. The molecule has 0 aliphatic heterocycles. The summed E-state index contributed by atoms with van der Waals surface area (Å²) in [5, 5.41) is 14.9. The molecule has 1 amide bonds. The number of ether oxygens (including phenoxy) is 2. The number of hydrogen-bond donors (Lipinski definition) is 1. The van der Waals surface area contributed by atoms with E-state index in [1.54, 1.807) is 12.1 Å². The molecule has 0 radical (unpaired) electrons. The number of carbonyl (C=O) groups excluding carboxylic acids is 1. The lowest BCUT2D eigenvalue weighted by Gasteiger charge is -2.10. The second-order valence-electron chi connectivity index (χ2n) is 9.23. The lowest BCUT2D eigenvalue weighted by atomic mass is 10.2. The van der Waals surface area contributed by atoms with Crippen molar-refractivity contribution in [1.82, 2.24) is 15.0 Å². The zero-order valence-electron chi connectivity index (χ0n) is 22.8. The van der Waals surface area contributed by atoms with Crippen molar-refractivity contribution in [2.75, 3.05) is 0 Å². The fraction of sp³-hybridized carbons (Fsp3) is 0.100. The Morgan fingerprint density at radius 2 is 1.74 bits per heavy atom. The van der Waals surface area contributed by atoms with Crippen LogP contribution in [0.15, 0.2) is 88.5 Å². The van der Waals surface area contributed by atoms with Gasteiger partial charge >= 0.3 is 5.91 Å². The Morgan fingerprint density at radius 3 is 2.37 bits per heavy atom. The molecule has 1 N–H and O–H groups in total. The number of nitrogens with zero attached hydrogens (tertiary/aromatic N) is 4. The molecular weight excluding hydrogens is 780 g/mol. The first-order valence-corrected chi connectivity index (χ1v) is 14.9. The highest BCUT2D eigenvalue weighted by atomic mass is 127. The third-order valence-electron chi connectivity index (χ3n) is 6.17. The molecule has 2 aromatic carbocycles. The van der Waals surface area contributed by atoms with Crippen LogP contribution in [-0.4, -0.2) is 26.6 Å². The summed E-state index contributed by atoms with van der Waals surface area (Å²) in [6.07, 6.45) is 2.64. The fourth-order valence-corrected chi connectivity index (χ4v) is 6.15. The maximum atomic E-state index is 12.6. The molecule has 0 aliphatic rings. The second kappa shape index (κ2) is 13.4. The molecular formula is C30H23I2N5O6. The third kappa shape index (κ3) is 7.40. The summed E-state index contributed by atoms with van der Waals surface area (Å²) in [4.78, 5) is 26.8. The zero-order valence-corrected chi connectivity index (χ0v) is 27.1. The SMILES string of the molecule is Cc1ccc(C)n1-c1ccc(OCc2ccc(C(=O)N/N=C/c3cc(I)c(Oc4ccc([N+](=O)[O-])cn4)c(I)c3)o2)cc1. The van der Waals surface area contributed by atoms with Gasteiger partial charge in [0.2, 0.25) is 5.88 Å². The number of hydrogen-bond acceptors (Lipinski definition) is 8. The highest BCUT2D eigenvalue weighted by molar-refractivity contribution is 14.1. The molecule has 5 aromatic rings. The lowest BCUT2D eigenvalue weighted by Crippen LogP contribution is -2.16. The largest absolute Gasteiger partial charge is 0.486 e. The van der Waals surface area contributed by atoms with E-state index in [1.165, 1.54) is 18.3 Å². The molecule has 0 bridgehead atoms. The molecule has 0 fully saturated rings. The number of nitro groups is 1. The molecule has 0 spiro atoms. The Morgan fingerprint density at radius 1 is 1.05 bits per heavy atom. The van der Waals surface area contributed by atoms with E-state index < -0.39 is 10.8 Å². The first kappa shape index (κ1) is 30.2. The number of amides is 1. The molecule has 0 aliphatic carbocycles. The molecule has 0 unspecified atom stereocenters. The molecule has 13 heteroatoms. The van der Waals surface area contributed by atoms with Crippen molar-refractivity contribution in [3.63, 3.8) is 0 Å². The first-order chi connectivity index (χ1) is 20.7. The number of hydrazone groups is 1. The Labute approximate surface area is 273 Å². The van der Waals surface area contributed by atoms with Gasteiger partial charge in [-0.15, -0.1) is 0 Å². The van der Waals surface area contributed by atoms with Gasteiger partial charge in [-0.25, -0.2) is 10.4 Å². The molecule has 218 valence electrons. The predicted molar refractivity (Wildman–Crippen MR) is 176 cm³/mol. The summed E-state index contributed by atoms with van der Waals surface area (Å²) in [6, 6.07) is 21.6. The smallest absolute Gasteiger partial charge is 0.307 e. The van der Waals surface area contributed by atoms with Crippen molar-refractivity contribution in [2.45, 2.75) is 20.5 Å². The van der Waals surface area contributed by atoms with Crippen molar-refractivity contribution in [3.05, 3.63) is 125 Å². The van der Waals surface area contributed by atoms with E-state index in [2.05, 4.69) is 91.2 Å². The molecule has 11 nitrogen and oxygen atoms in total. The minimum atomic E-state index is -0.524. The lowest BCUT2D eigenvalue weighted by molar-refractivity contribution is -0.385. The molecule has 5 rings (SSSR count). The summed E-state index contributed by atoms with van der Waals surface area (Å²) < 4.78 is 21.0. The number of halogens is 2. The topological polar surface area (TPSA) is 134 Å². The van der Waals surface area contributed by atoms with Gasteiger partial charge in [-0.2, -0.15) is 5.10 Å². The van der Waals surface area contributed by atoms with Gasteiger partial charge in [0.05, 0.1) is 18.3 Å². The van der Waals surface area contributed by atoms with E-state index in [1.807, 2.05) is 36.4 Å². The van der Waals surface area contributed by atoms with Crippen LogP contribution in [0.5, 0.6) is 17.4 Å². The molecule has 3 heterocycles. The molecule has 0 atom stereocenters. The van der Waals surface area contributed by atoms with E-state index in [0.717, 1.165) is 36.0 Å². The number of benzene rings is 2. The van der Waals surface area contributed by atoms with Crippen LogP contribution in [0.2, 0.25) is 0 Å². The number of furan rings is 1. The van der Waals surface area contributed by atoms with Crippen LogP contribution in [0.3, 0.4) is 0 Å². The van der Waals surface area contributed by atoms with E-state index in [-0.39, 0.29) is 23.9 Å². The molecule has 0 saturated carbocycles. The van der Waals surface area contributed by atoms with Crippen LogP contribution in [-0.2, 0) is 6.61 Å². The first-order valence-electron chi connectivity index (χ1n) is 12.8. The third-order valence-corrected chi connectivity index (χ3v) is 7.77. The maximum absolute atomic E-state index is 12.6. The van der Waals surface area contributed by atoms with E-state index in [4.69, 9.17) is 13.9 Å². The standard InChI is InChI=1S/C30H23I2N5O6/c1-18-3-4-19(2)36(18)21-5-8-23(9-6-21)41-17-24-10-11-27(42-24)30(38)35-34-15-20-13-25(31)29(26(32)14-20)43-28-12-7-22(16-33-28)37(39)40/h3-16H,17H2,1-2H3,(H,35,38)/b34-15+.